The Labute approximate surface area is 132 Å². The first-order chi connectivity index (χ1) is 10.8. The Bertz CT molecular complexity index is 471. The van der Waals surface area contributed by atoms with E-state index >= 15 is 0 Å². The molecule has 4 heteroatoms. The Morgan fingerprint density at radius 2 is 1.82 bits per heavy atom. The molecule has 2 amide bonds. The second kappa shape index (κ2) is 7.52. The van der Waals surface area contributed by atoms with E-state index in [2.05, 4.69) is 5.32 Å². The smallest absolute Gasteiger partial charge is 0.317 e. The Morgan fingerprint density at radius 1 is 1.05 bits per heavy atom. The Morgan fingerprint density at radius 3 is 2.59 bits per heavy atom. The third-order valence-corrected chi connectivity index (χ3v) is 4.64. The first-order valence-electron chi connectivity index (χ1n) is 8.58. The van der Waals surface area contributed by atoms with E-state index in [1.54, 1.807) is 0 Å². The summed E-state index contributed by atoms with van der Waals surface area (Å²) in [5.41, 5.74) is 0. The predicted octanol–water partition coefficient (Wildman–Crippen LogP) is 3.57. The van der Waals surface area contributed by atoms with Crippen molar-refractivity contribution in [2.24, 2.45) is 0 Å². The van der Waals surface area contributed by atoms with E-state index < -0.39 is 0 Å². The number of carbonyl (C=O) groups is 1. The van der Waals surface area contributed by atoms with Crippen LogP contribution >= 0.6 is 0 Å². The van der Waals surface area contributed by atoms with E-state index in [9.17, 15) is 4.79 Å². The molecule has 1 saturated carbocycles. The lowest BCUT2D eigenvalue weighted by Gasteiger charge is -2.34. The number of ether oxygens (including phenoxy) is 1. The summed E-state index contributed by atoms with van der Waals surface area (Å²) in [5.74, 6) is 0.891. The summed E-state index contributed by atoms with van der Waals surface area (Å²) in [6, 6.07) is 10.3. The quantitative estimate of drug-likeness (QED) is 0.927. The van der Waals surface area contributed by atoms with Gasteiger partial charge in [-0.1, -0.05) is 37.5 Å². The van der Waals surface area contributed by atoms with Gasteiger partial charge in [-0.2, -0.15) is 0 Å². The molecule has 1 aromatic rings. The average molecular weight is 302 g/mol. The zero-order valence-electron chi connectivity index (χ0n) is 13.2. The van der Waals surface area contributed by atoms with Crippen molar-refractivity contribution in [3.8, 4) is 5.75 Å². The van der Waals surface area contributed by atoms with E-state index in [0.29, 0.717) is 12.6 Å². The number of nitrogens with one attached hydrogen (secondary N) is 1. The fourth-order valence-corrected chi connectivity index (χ4v) is 3.42. The van der Waals surface area contributed by atoms with Crippen molar-refractivity contribution < 1.29 is 9.53 Å². The average Bonchev–Trinajstić information content (AvgIpc) is 2.57. The third kappa shape index (κ3) is 4.15. The highest BCUT2D eigenvalue weighted by molar-refractivity contribution is 5.74. The Kier molecular flexibility index (Phi) is 5.20. The van der Waals surface area contributed by atoms with Crippen LogP contribution in [-0.2, 0) is 0 Å². The van der Waals surface area contributed by atoms with Crippen LogP contribution in [0.15, 0.2) is 30.3 Å². The predicted molar refractivity (Wildman–Crippen MR) is 87.1 cm³/mol. The van der Waals surface area contributed by atoms with Gasteiger partial charge in [-0.3, -0.25) is 0 Å². The normalized spacial score (nSPS) is 23.1. The van der Waals surface area contributed by atoms with Crippen LogP contribution in [0.25, 0.3) is 0 Å². The van der Waals surface area contributed by atoms with Crippen LogP contribution in [0.2, 0.25) is 0 Å². The first kappa shape index (κ1) is 15.2. The molecular weight excluding hydrogens is 276 g/mol. The summed E-state index contributed by atoms with van der Waals surface area (Å²) >= 11 is 0. The van der Waals surface area contributed by atoms with Crippen molar-refractivity contribution in [2.45, 2.75) is 57.1 Å². The largest absolute Gasteiger partial charge is 0.489 e. The minimum atomic E-state index is 0.0910. The summed E-state index contributed by atoms with van der Waals surface area (Å²) in [4.78, 5) is 14.3. The number of para-hydroxylation sites is 1. The maximum atomic E-state index is 12.4. The van der Waals surface area contributed by atoms with Crippen molar-refractivity contribution >= 4 is 6.03 Å². The van der Waals surface area contributed by atoms with Crippen molar-refractivity contribution in [2.75, 3.05) is 13.1 Å². The highest BCUT2D eigenvalue weighted by Gasteiger charge is 2.26. The van der Waals surface area contributed by atoms with Crippen molar-refractivity contribution in [3.05, 3.63) is 30.3 Å². The molecule has 0 spiro atoms. The number of benzene rings is 1. The second-order valence-corrected chi connectivity index (χ2v) is 6.43. The van der Waals surface area contributed by atoms with Gasteiger partial charge in [-0.05, 0) is 37.8 Å². The molecule has 2 fully saturated rings. The number of carbonyl (C=O) groups excluding carboxylic acids is 1. The fourth-order valence-electron chi connectivity index (χ4n) is 3.42. The number of amides is 2. The molecule has 1 aliphatic carbocycles. The zero-order valence-corrected chi connectivity index (χ0v) is 13.2. The topological polar surface area (TPSA) is 41.6 Å². The monoisotopic (exact) mass is 302 g/mol. The molecule has 1 saturated heterocycles. The molecule has 120 valence electrons. The van der Waals surface area contributed by atoms with Gasteiger partial charge in [0.2, 0.25) is 0 Å². The number of nitrogens with zero attached hydrogens (tertiary/aromatic N) is 1. The first-order valence-corrected chi connectivity index (χ1v) is 8.58. The van der Waals surface area contributed by atoms with E-state index in [1.807, 2.05) is 35.2 Å². The van der Waals surface area contributed by atoms with E-state index in [0.717, 1.165) is 38.0 Å². The molecule has 0 radical (unpaired) electrons. The zero-order chi connectivity index (χ0) is 15.2. The lowest BCUT2D eigenvalue weighted by atomic mass is 9.96. The molecule has 0 aromatic heterocycles. The molecule has 0 bridgehead atoms. The van der Waals surface area contributed by atoms with Gasteiger partial charge in [0.1, 0.15) is 11.9 Å². The highest BCUT2D eigenvalue weighted by atomic mass is 16.5. The number of rotatable bonds is 3. The standard InChI is InChI=1S/C18H26N2O2/c21-18(19-15-8-3-1-4-9-15)20-13-7-12-17(14-20)22-16-10-5-2-6-11-16/h2,5-6,10-11,15,17H,1,3-4,7-9,12-14H2,(H,19,21). The number of hydrogen-bond acceptors (Lipinski definition) is 2. The summed E-state index contributed by atoms with van der Waals surface area (Å²) in [6.45, 7) is 1.53. The minimum absolute atomic E-state index is 0.0910. The van der Waals surface area contributed by atoms with Crippen molar-refractivity contribution in [3.63, 3.8) is 0 Å². The van der Waals surface area contributed by atoms with E-state index in [4.69, 9.17) is 4.74 Å². The summed E-state index contributed by atoms with van der Waals surface area (Å²) < 4.78 is 6.00. The molecule has 2 aliphatic rings. The van der Waals surface area contributed by atoms with Gasteiger partial charge in [-0.15, -0.1) is 0 Å². The minimum Gasteiger partial charge on any atom is -0.489 e. The summed E-state index contributed by atoms with van der Waals surface area (Å²) in [7, 11) is 0. The van der Waals surface area contributed by atoms with Crippen LogP contribution in [0.3, 0.4) is 0 Å². The van der Waals surface area contributed by atoms with Gasteiger partial charge in [-0.25, -0.2) is 4.79 Å². The number of piperidine rings is 1. The molecule has 1 atom stereocenters. The van der Waals surface area contributed by atoms with E-state index in [-0.39, 0.29) is 12.1 Å². The van der Waals surface area contributed by atoms with E-state index in [1.165, 1.54) is 19.3 Å². The number of hydrogen-bond donors (Lipinski definition) is 1. The van der Waals surface area contributed by atoms with Crippen LogP contribution in [-0.4, -0.2) is 36.2 Å². The van der Waals surface area contributed by atoms with Gasteiger partial charge >= 0.3 is 6.03 Å². The molecule has 4 nitrogen and oxygen atoms in total. The molecule has 1 heterocycles. The maximum Gasteiger partial charge on any atom is 0.317 e. The number of likely N-dealkylation sites (tertiary alicyclic amines) is 1. The molecular formula is C18H26N2O2. The summed E-state index contributed by atoms with van der Waals surface area (Å²) in [5, 5.41) is 3.20. The Balaban J connectivity index is 1.50. The van der Waals surface area contributed by atoms with Crippen LogP contribution in [0.1, 0.15) is 44.9 Å². The van der Waals surface area contributed by atoms with Crippen molar-refractivity contribution in [1.82, 2.24) is 10.2 Å². The van der Waals surface area contributed by atoms with Gasteiger partial charge in [0.15, 0.2) is 0 Å². The third-order valence-electron chi connectivity index (χ3n) is 4.64. The maximum absolute atomic E-state index is 12.4. The SMILES string of the molecule is O=C(NC1CCCCC1)N1CCCC(Oc2ccccc2)C1. The highest BCUT2D eigenvalue weighted by Crippen LogP contribution is 2.20. The lowest BCUT2D eigenvalue weighted by molar-refractivity contribution is 0.0994. The molecule has 1 unspecified atom stereocenters. The second-order valence-electron chi connectivity index (χ2n) is 6.43. The van der Waals surface area contributed by atoms with Crippen LogP contribution in [0.5, 0.6) is 5.75 Å². The van der Waals surface area contributed by atoms with Gasteiger partial charge < -0.3 is 15.0 Å². The lowest BCUT2D eigenvalue weighted by Crippen LogP contribution is -2.51. The summed E-state index contributed by atoms with van der Waals surface area (Å²) in [6.07, 6.45) is 8.18. The molecule has 22 heavy (non-hydrogen) atoms. The number of urea groups is 1. The van der Waals surface area contributed by atoms with Gasteiger partial charge in [0.05, 0.1) is 6.54 Å². The van der Waals surface area contributed by atoms with Crippen LogP contribution in [0, 0.1) is 0 Å². The van der Waals surface area contributed by atoms with Crippen molar-refractivity contribution in [1.29, 1.82) is 0 Å². The molecule has 3 rings (SSSR count). The van der Waals surface area contributed by atoms with Gasteiger partial charge in [0.25, 0.3) is 0 Å². The molecule has 1 aromatic carbocycles. The van der Waals surface area contributed by atoms with Crippen LogP contribution in [0.4, 0.5) is 4.79 Å². The Hall–Kier alpha value is -1.71. The van der Waals surface area contributed by atoms with Gasteiger partial charge in [0, 0.05) is 12.6 Å². The molecule has 1 aliphatic heterocycles. The fraction of sp³-hybridized carbons (Fsp3) is 0.611. The molecule has 1 N–H and O–H groups in total. The van der Waals surface area contributed by atoms with Crippen LogP contribution < -0.4 is 10.1 Å².